The number of hydrogen-bond acceptors (Lipinski definition) is 2. The van der Waals surface area contributed by atoms with E-state index in [4.69, 9.17) is 9.47 Å². The van der Waals surface area contributed by atoms with Gasteiger partial charge in [0, 0.05) is 5.56 Å². The second-order valence-electron chi connectivity index (χ2n) is 5.59. The Morgan fingerprint density at radius 1 is 1.13 bits per heavy atom. The average Bonchev–Trinajstić information content (AvgIpc) is 2.49. The Hall–Kier alpha value is -1.44. The topological polar surface area (TPSA) is 18.5 Å². The van der Waals surface area contributed by atoms with Crippen LogP contribution in [0.25, 0.3) is 6.08 Å². The van der Waals surface area contributed by atoms with Gasteiger partial charge in [-0.25, -0.2) is 0 Å². The van der Waals surface area contributed by atoms with Crippen LogP contribution >= 0.6 is 0 Å². The van der Waals surface area contributed by atoms with Crippen molar-refractivity contribution in [3.8, 4) is 11.5 Å². The van der Waals surface area contributed by atoms with Gasteiger partial charge in [-0.1, -0.05) is 60.1 Å². The van der Waals surface area contributed by atoms with Gasteiger partial charge in [-0.05, 0) is 43.9 Å². The monoisotopic (exact) mass is 322 g/mol. The summed E-state index contributed by atoms with van der Waals surface area (Å²) in [6.45, 7) is 9.36. The van der Waals surface area contributed by atoms with Crippen LogP contribution in [-0.2, 0) is 0 Å². The van der Waals surface area contributed by atoms with Crippen LogP contribution < -0.4 is 9.47 Å². The number of ether oxygens (including phenoxy) is 2. The molecule has 0 aliphatic carbocycles. The number of hydrogen-bond donors (Lipinski definition) is 0. The molecule has 2 heteroatoms. The Bertz CT molecular complexity index is 449. The van der Waals surface area contributed by atoms with Crippen LogP contribution in [0.4, 0.5) is 0 Å². The first-order valence-corrected chi connectivity index (χ1v) is 8.10. The number of aryl methyl sites for hydroxylation is 1. The molecule has 0 fully saturated rings. The average molecular weight is 323 g/mol. The third-order valence-corrected chi connectivity index (χ3v) is 3.89. The zero-order valence-electron chi connectivity index (χ0n) is 14.2. The molecule has 23 heavy (non-hydrogen) atoms. The van der Waals surface area contributed by atoms with Gasteiger partial charge in [0.2, 0.25) is 0 Å². The fourth-order valence-corrected chi connectivity index (χ4v) is 2.44. The highest BCUT2D eigenvalue weighted by atomic mass is 16.5. The summed E-state index contributed by atoms with van der Waals surface area (Å²) in [6.07, 6.45) is 9.07. The van der Waals surface area contributed by atoms with Gasteiger partial charge in [-0.2, -0.15) is 0 Å². The van der Waals surface area contributed by atoms with Crippen molar-refractivity contribution in [1.29, 1.82) is 0 Å². The minimum absolute atomic E-state index is 0. The van der Waals surface area contributed by atoms with E-state index in [1.807, 2.05) is 13.0 Å². The molecule has 0 bridgehead atoms. The highest BCUT2D eigenvalue weighted by molar-refractivity contribution is 5.61. The molecule has 1 aromatic rings. The third kappa shape index (κ3) is 7.58. The predicted octanol–water partition coefficient (Wildman–Crippen LogP) is 6.90. The Labute approximate surface area is 144 Å². The van der Waals surface area contributed by atoms with E-state index in [-0.39, 0.29) is 14.9 Å². The second kappa shape index (κ2) is 13.0. The number of unbranched alkanes of at least 4 members (excludes halogenated alkanes) is 1. The van der Waals surface area contributed by atoms with E-state index in [1.54, 1.807) is 7.11 Å². The predicted molar refractivity (Wildman–Crippen MR) is 105 cm³/mol. The third-order valence-electron chi connectivity index (χ3n) is 3.89. The molecule has 1 unspecified atom stereocenters. The SMILES string of the molecule is C.C.C/C=C/c1cc(OC)c(C)cc1OCC(CC)CCCC. The van der Waals surface area contributed by atoms with Crippen molar-refractivity contribution >= 4 is 6.08 Å². The molecule has 0 saturated carbocycles. The minimum Gasteiger partial charge on any atom is -0.496 e. The largest absolute Gasteiger partial charge is 0.496 e. The van der Waals surface area contributed by atoms with Crippen molar-refractivity contribution in [2.24, 2.45) is 5.92 Å². The summed E-state index contributed by atoms with van der Waals surface area (Å²) in [7, 11) is 1.71. The molecule has 0 aromatic heterocycles. The van der Waals surface area contributed by atoms with Crippen molar-refractivity contribution in [2.75, 3.05) is 13.7 Å². The van der Waals surface area contributed by atoms with Crippen LogP contribution in [0.2, 0.25) is 0 Å². The van der Waals surface area contributed by atoms with Crippen LogP contribution in [0, 0.1) is 12.8 Å². The number of allylic oxidation sites excluding steroid dienone is 1. The molecule has 0 saturated heterocycles. The summed E-state index contributed by atoms with van der Waals surface area (Å²) >= 11 is 0. The Balaban J connectivity index is 0. The van der Waals surface area contributed by atoms with Gasteiger partial charge in [-0.15, -0.1) is 0 Å². The van der Waals surface area contributed by atoms with E-state index in [2.05, 4.69) is 39.0 Å². The van der Waals surface area contributed by atoms with Crippen molar-refractivity contribution in [3.63, 3.8) is 0 Å². The Kier molecular flexibility index (Phi) is 13.5. The van der Waals surface area contributed by atoms with Crippen LogP contribution in [-0.4, -0.2) is 13.7 Å². The van der Waals surface area contributed by atoms with Gasteiger partial charge in [0.1, 0.15) is 11.5 Å². The molecule has 2 nitrogen and oxygen atoms in total. The lowest BCUT2D eigenvalue weighted by atomic mass is 10.0. The lowest BCUT2D eigenvalue weighted by molar-refractivity contribution is 0.232. The van der Waals surface area contributed by atoms with Gasteiger partial charge in [0.15, 0.2) is 0 Å². The van der Waals surface area contributed by atoms with E-state index in [0.29, 0.717) is 5.92 Å². The van der Waals surface area contributed by atoms with E-state index in [9.17, 15) is 0 Å². The first-order chi connectivity index (χ1) is 10.2. The summed E-state index contributed by atoms with van der Waals surface area (Å²) in [6, 6.07) is 4.14. The van der Waals surface area contributed by atoms with E-state index >= 15 is 0 Å². The van der Waals surface area contributed by atoms with Crippen molar-refractivity contribution in [2.45, 2.75) is 68.2 Å². The van der Waals surface area contributed by atoms with Gasteiger partial charge in [0.25, 0.3) is 0 Å². The Morgan fingerprint density at radius 3 is 2.35 bits per heavy atom. The van der Waals surface area contributed by atoms with Gasteiger partial charge in [0.05, 0.1) is 13.7 Å². The summed E-state index contributed by atoms with van der Waals surface area (Å²) in [5.41, 5.74) is 2.20. The maximum Gasteiger partial charge on any atom is 0.127 e. The Morgan fingerprint density at radius 2 is 1.83 bits per heavy atom. The molecule has 0 spiro atoms. The molecular formula is C21H38O2. The van der Waals surface area contributed by atoms with Gasteiger partial charge in [-0.3, -0.25) is 0 Å². The number of methoxy groups -OCH3 is 1. The zero-order chi connectivity index (χ0) is 15.7. The highest BCUT2D eigenvalue weighted by Gasteiger charge is 2.11. The molecule has 1 rings (SSSR count). The lowest BCUT2D eigenvalue weighted by Crippen LogP contribution is -2.12. The molecular weight excluding hydrogens is 284 g/mol. The van der Waals surface area contributed by atoms with Crippen LogP contribution in [0.15, 0.2) is 18.2 Å². The van der Waals surface area contributed by atoms with Crippen LogP contribution in [0.1, 0.15) is 72.4 Å². The molecule has 0 radical (unpaired) electrons. The highest BCUT2D eigenvalue weighted by Crippen LogP contribution is 2.30. The van der Waals surface area contributed by atoms with Crippen molar-refractivity contribution in [1.82, 2.24) is 0 Å². The number of rotatable bonds is 9. The van der Waals surface area contributed by atoms with Gasteiger partial charge < -0.3 is 9.47 Å². The molecule has 1 aromatic carbocycles. The lowest BCUT2D eigenvalue weighted by Gasteiger charge is -2.18. The smallest absolute Gasteiger partial charge is 0.127 e. The van der Waals surface area contributed by atoms with E-state index in [0.717, 1.165) is 29.2 Å². The van der Waals surface area contributed by atoms with E-state index < -0.39 is 0 Å². The fourth-order valence-electron chi connectivity index (χ4n) is 2.44. The van der Waals surface area contributed by atoms with Gasteiger partial charge >= 0.3 is 0 Å². The summed E-state index contributed by atoms with van der Waals surface area (Å²) in [5, 5.41) is 0. The maximum absolute atomic E-state index is 6.11. The standard InChI is InChI=1S/C19H30O2.2CH4/c1-6-9-11-16(8-3)14-21-19-12-15(4)18(20-5)13-17(19)10-7-2;;/h7,10,12-13,16H,6,8-9,11,14H2,1-5H3;2*1H4/b10-7+;;. The molecule has 134 valence electrons. The van der Waals surface area contributed by atoms with Crippen molar-refractivity contribution < 1.29 is 9.47 Å². The van der Waals surface area contributed by atoms with Crippen molar-refractivity contribution in [3.05, 3.63) is 29.3 Å². The molecule has 0 aliphatic rings. The maximum atomic E-state index is 6.11. The first kappa shape index (κ1) is 23.8. The summed E-state index contributed by atoms with van der Waals surface area (Å²) in [4.78, 5) is 0. The molecule has 0 amide bonds. The van der Waals surface area contributed by atoms with E-state index in [1.165, 1.54) is 25.7 Å². The minimum atomic E-state index is 0. The molecule has 0 heterocycles. The summed E-state index contributed by atoms with van der Waals surface area (Å²) < 4.78 is 11.5. The zero-order valence-corrected chi connectivity index (χ0v) is 14.2. The normalized spacial score (nSPS) is 11.5. The number of benzene rings is 1. The molecule has 1 atom stereocenters. The van der Waals surface area contributed by atoms with Crippen LogP contribution in [0.3, 0.4) is 0 Å². The summed E-state index contributed by atoms with van der Waals surface area (Å²) in [5.74, 6) is 2.51. The quantitative estimate of drug-likeness (QED) is 0.492. The molecule has 0 aliphatic heterocycles. The molecule has 0 N–H and O–H groups in total. The first-order valence-electron chi connectivity index (χ1n) is 8.10. The fraction of sp³-hybridized carbons (Fsp3) is 0.619. The second-order valence-corrected chi connectivity index (χ2v) is 5.59. The van der Waals surface area contributed by atoms with Crippen LogP contribution in [0.5, 0.6) is 11.5 Å².